The fraction of sp³-hybridized carbons (Fsp3) is 0.367. The Hall–Kier alpha value is -3.14. The minimum absolute atomic E-state index is 0.0356. The van der Waals surface area contributed by atoms with E-state index in [0.29, 0.717) is 5.56 Å². The summed E-state index contributed by atoms with van der Waals surface area (Å²) in [6.07, 6.45) is -1.22. The van der Waals surface area contributed by atoms with Gasteiger partial charge in [0.1, 0.15) is 11.6 Å². The molecule has 1 amide bonds. The van der Waals surface area contributed by atoms with Crippen LogP contribution in [0.2, 0.25) is 0 Å². The lowest BCUT2D eigenvalue weighted by Crippen LogP contribution is -2.50. The third kappa shape index (κ3) is 7.50. The van der Waals surface area contributed by atoms with Crippen molar-refractivity contribution in [3.05, 3.63) is 106 Å². The van der Waals surface area contributed by atoms with Gasteiger partial charge in [0.15, 0.2) is 9.84 Å². The number of hydrogen-bond acceptors (Lipinski definition) is 5. The maximum absolute atomic E-state index is 13.9. The van der Waals surface area contributed by atoms with Crippen LogP contribution in [0.4, 0.5) is 8.78 Å². The summed E-state index contributed by atoms with van der Waals surface area (Å²) in [5, 5.41) is 17.2. The van der Waals surface area contributed by atoms with Crippen molar-refractivity contribution in [3.8, 4) is 0 Å². The molecular formula is C30H34F2N2O4S. The number of halogens is 2. The molecule has 1 unspecified atom stereocenters. The van der Waals surface area contributed by atoms with E-state index in [1.54, 1.807) is 18.2 Å². The highest BCUT2D eigenvalue weighted by Gasteiger charge is 2.31. The van der Waals surface area contributed by atoms with Crippen molar-refractivity contribution < 1.29 is 27.1 Å². The van der Waals surface area contributed by atoms with E-state index in [0.717, 1.165) is 40.5 Å². The van der Waals surface area contributed by atoms with Gasteiger partial charge >= 0.3 is 0 Å². The van der Waals surface area contributed by atoms with Gasteiger partial charge in [0, 0.05) is 24.2 Å². The van der Waals surface area contributed by atoms with Crippen molar-refractivity contribution in [1.82, 2.24) is 10.6 Å². The summed E-state index contributed by atoms with van der Waals surface area (Å²) >= 11 is 0. The van der Waals surface area contributed by atoms with Crippen LogP contribution in [-0.4, -0.2) is 43.9 Å². The molecule has 0 bridgehead atoms. The van der Waals surface area contributed by atoms with Gasteiger partial charge in [-0.05, 0) is 65.8 Å². The zero-order valence-corrected chi connectivity index (χ0v) is 23.1. The van der Waals surface area contributed by atoms with Crippen molar-refractivity contribution in [2.24, 2.45) is 0 Å². The molecule has 3 N–H and O–H groups in total. The molecule has 0 radical (unpaired) electrons. The van der Waals surface area contributed by atoms with E-state index in [-0.39, 0.29) is 36.0 Å². The summed E-state index contributed by atoms with van der Waals surface area (Å²) in [6.45, 7) is 5.92. The summed E-state index contributed by atoms with van der Waals surface area (Å²) in [7, 11) is -3.36. The van der Waals surface area contributed by atoms with Gasteiger partial charge in [0.2, 0.25) is 0 Å². The van der Waals surface area contributed by atoms with Gasteiger partial charge in [0.05, 0.1) is 23.7 Å². The summed E-state index contributed by atoms with van der Waals surface area (Å²) in [5.74, 6) is -1.86. The topological polar surface area (TPSA) is 95.5 Å². The van der Waals surface area contributed by atoms with Gasteiger partial charge in [-0.3, -0.25) is 4.79 Å². The van der Waals surface area contributed by atoms with E-state index in [4.69, 9.17) is 0 Å². The third-order valence-corrected chi connectivity index (χ3v) is 8.61. The largest absolute Gasteiger partial charge is 0.390 e. The number of aryl methyl sites for hydroxylation is 1. The molecule has 0 aliphatic carbocycles. The first kappa shape index (κ1) is 28.9. The van der Waals surface area contributed by atoms with E-state index in [9.17, 15) is 27.1 Å². The van der Waals surface area contributed by atoms with E-state index in [2.05, 4.69) is 24.5 Å². The highest BCUT2D eigenvalue weighted by molar-refractivity contribution is 7.90. The molecule has 39 heavy (non-hydrogen) atoms. The molecule has 1 aliphatic heterocycles. The Morgan fingerprint density at radius 2 is 1.77 bits per heavy atom. The number of benzene rings is 3. The zero-order chi connectivity index (χ0) is 28.3. The van der Waals surface area contributed by atoms with E-state index in [1.807, 2.05) is 31.2 Å². The summed E-state index contributed by atoms with van der Waals surface area (Å²) in [6, 6.07) is 14.3. The van der Waals surface area contributed by atoms with Gasteiger partial charge in [-0.1, -0.05) is 49.7 Å². The average molecular weight is 557 g/mol. The smallest absolute Gasteiger partial charge is 0.251 e. The zero-order valence-electron chi connectivity index (χ0n) is 22.2. The number of sulfone groups is 1. The second kappa shape index (κ2) is 11.9. The van der Waals surface area contributed by atoms with Crippen LogP contribution in [0.25, 0.3) is 0 Å². The monoisotopic (exact) mass is 556 g/mol. The summed E-state index contributed by atoms with van der Waals surface area (Å²) in [4.78, 5) is 13.0. The Morgan fingerprint density at radius 3 is 2.44 bits per heavy atom. The molecule has 6 nitrogen and oxygen atoms in total. The van der Waals surface area contributed by atoms with Crippen molar-refractivity contribution in [2.75, 3.05) is 12.3 Å². The van der Waals surface area contributed by atoms with E-state index >= 15 is 0 Å². The van der Waals surface area contributed by atoms with Crippen molar-refractivity contribution in [1.29, 1.82) is 0 Å². The van der Waals surface area contributed by atoms with Crippen molar-refractivity contribution in [2.45, 2.75) is 57.1 Å². The molecule has 0 spiro atoms. The fourth-order valence-electron chi connectivity index (χ4n) is 4.95. The minimum atomic E-state index is -3.36. The first-order valence-corrected chi connectivity index (χ1v) is 14.8. The number of nitrogens with one attached hydrogen (secondary N) is 2. The molecule has 3 aromatic rings. The molecule has 0 aromatic heterocycles. The molecule has 3 atom stereocenters. The number of carbonyl (C=O) groups excluding carboxylic acids is 1. The van der Waals surface area contributed by atoms with Gasteiger partial charge in [0.25, 0.3) is 5.91 Å². The van der Waals surface area contributed by atoms with E-state index in [1.165, 1.54) is 0 Å². The first-order valence-electron chi connectivity index (χ1n) is 13.0. The van der Waals surface area contributed by atoms with Gasteiger partial charge < -0.3 is 15.7 Å². The number of carbonyl (C=O) groups is 1. The number of fused-ring (bicyclic) bond motifs is 1. The molecule has 0 saturated heterocycles. The quantitative estimate of drug-likeness (QED) is 0.364. The Balaban J connectivity index is 1.56. The molecular weight excluding hydrogens is 522 g/mol. The number of amides is 1. The standard InChI is InChI=1S/C30H34F2N2O4S/c1-18(2)21-7-8-23-16-39(37,38)17-28(26(23)13-21)33-15-29(35)27(12-20-10-24(31)14-25(32)11-20)34-30(36)22-6-4-5-19(3)9-22/h4-11,13-14,18,27-29,33,35H,12,15-17H2,1-3H3,(H,34,36)/t27-,28?,29+/m0/s1. The predicted molar refractivity (Wildman–Crippen MR) is 147 cm³/mol. The third-order valence-electron chi connectivity index (χ3n) is 7.02. The van der Waals surface area contributed by atoms with Crippen LogP contribution >= 0.6 is 0 Å². The Bertz CT molecular complexity index is 1440. The normalized spacial score (nSPS) is 17.9. The van der Waals surface area contributed by atoms with Crippen LogP contribution in [0, 0.1) is 18.6 Å². The maximum atomic E-state index is 13.9. The second-order valence-electron chi connectivity index (χ2n) is 10.6. The summed E-state index contributed by atoms with van der Waals surface area (Å²) < 4.78 is 53.0. The summed E-state index contributed by atoms with van der Waals surface area (Å²) in [5.41, 5.74) is 4.21. The highest BCUT2D eigenvalue weighted by atomic mass is 32.2. The van der Waals surface area contributed by atoms with Crippen molar-refractivity contribution in [3.63, 3.8) is 0 Å². The van der Waals surface area contributed by atoms with Crippen molar-refractivity contribution >= 4 is 15.7 Å². The molecule has 0 saturated carbocycles. The maximum Gasteiger partial charge on any atom is 0.251 e. The van der Waals surface area contributed by atoms with Crippen LogP contribution in [0.15, 0.2) is 60.7 Å². The van der Waals surface area contributed by atoms with E-state index < -0.39 is 45.6 Å². The first-order chi connectivity index (χ1) is 18.4. The number of aliphatic hydroxyl groups excluding tert-OH is 1. The molecule has 208 valence electrons. The van der Waals surface area contributed by atoms with Crippen LogP contribution in [0.1, 0.15) is 64.0 Å². The Labute approximate surface area is 228 Å². The molecule has 9 heteroatoms. The molecule has 0 fully saturated rings. The molecule has 1 heterocycles. The van der Waals surface area contributed by atoms with Crippen LogP contribution in [-0.2, 0) is 22.0 Å². The van der Waals surface area contributed by atoms with Gasteiger partial charge in [-0.25, -0.2) is 17.2 Å². The Morgan fingerprint density at radius 1 is 1.05 bits per heavy atom. The number of aliphatic hydroxyl groups is 1. The lowest BCUT2D eigenvalue weighted by Gasteiger charge is -2.30. The van der Waals surface area contributed by atoms with Crippen LogP contribution in [0.3, 0.4) is 0 Å². The number of hydrogen-bond donors (Lipinski definition) is 3. The lowest BCUT2D eigenvalue weighted by atomic mass is 9.94. The Kier molecular flexibility index (Phi) is 8.83. The molecule has 1 aliphatic rings. The minimum Gasteiger partial charge on any atom is -0.390 e. The predicted octanol–water partition coefficient (Wildman–Crippen LogP) is 4.36. The molecule has 4 rings (SSSR count). The fourth-order valence-corrected chi connectivity index (χ4v) is 6.61. The SMILES string of the molecule is Cc1cccc(C(=O)N[C@@H](Cc2cc(F)cc(F)c2)[C@H](O)CNC2CS(=O)(=O)Cc3ccc(C(C)C)cc32)c1. The number of rotatable bonds is 9. The average Bonchev–Trinajstić information content (AvgIpc) is 2.85. The van der Waals surface area contributed by atoms with Crippen LogP contribution in [0.5, 0.6) is 0 Å². The van der Waals surface area contributed by atoms with Crippen LogP contribution < -0.4 is 10.6 Å². The highest BCUT2D eigenvalue weighted by Crippen LogP contribution is 2.31. The van der Waals surface area contributed by atoms with Gasteiger partial charge in [-0.15, -0.1) is 0 Å². The second-order valence-corrected chi connectivity index (χ2v) is 12.7. The van der Waals surface area contributed by atoms with Gasteiger partial charge in [-0.2, -0.15) is 0 Å². The lowest BCUT2D eigenvalue weighted by molar-refractivity contribution is 0.0825. The molecule has 3 aromatic carbocycles.